The number of aromatic amines is 1. The number of hydrogen-bond acceptors (Lipinski definition) is 11. The number of hydrogen-bond donors (Lipinski definition) is 8. The average molecular weight is 541 g/mol. The smallest absolute Gasteiger partial charge is 0.387 e. The molecule has 33 heavy (non-hydrogen) atoms. The molecule has 17 nitrogen and oxygen atoms in total. The molecule has 1 fully saturated rings. The van der Waals surface area contributed by atoms with Crippen LogP contribution in [-0.2, 0) is 31.6 Å². The topological polar surface area (TPSA) is 277 Å². The maximum Gasteiger partial charge on any atom is 0.490 e. The Morgan fingerprint density at radius 3 is 2.58 bits per heavy atom. The molecule has 9 N–H and O–H groups in total. The van der Waals surface area contributed by atoms with E-state index in [0.29, 0.717) is 10.8 Å². The summed E-state index contributed by atoms with van der Waals surface area (Å²) in [6.45, 7) is -5.05. The van der Waals surface area contributed by atoms with E-state index in [0.717, 1.165) is 0 Å². The summed E-state index contributed by atoms with van der Waals surface area (Å²) in [6.07, 6.45) is -6.24. The first kappa shape index (κ1) is 23.2. The molecule has 21 heteroatoms. The molecule has 3 unspecified atom stereocenters. The van der Waals surface area contributed by atoms with E-state index >= 15 is 0 Å². The first-order valence-electron chi connectivity index (χ1n) is 9.54. The number of halogens is 1. The molecule has 1 aromatic heterocycles. The van der Waals surface area contributed by atoms with E-state index in [2.05, 4.69) is 13.1 Å². The van der Waals surface area contributed by atoms with Crippen LogP contribution in [0.4, 0.5) is 4.39 Å². The monoisotopic (exact) mass is 541 g/mol. The lowest BCUT2D eigenvalue weighted by Gasteiger charge is -2.27. The minimum absolute atomic E-state index is 0.456. The first-order valence-corrected chi connectivity index (χ1v) is 12.6. The number of nitrogens with two attached hydrogens (primary N) is 1. The van der Waals surface area contributed by atoms with Gasteiger partial charge in [0.1, 0.15) is 24.4 Å². The zero-order valence-corrected chi connectivity index (χ0v) is 18.4. The lowest BCUT2D eigenvalue weighted by atomic mass is 9.91. The Kier molecular flexibility index (Phi) is 7.02. The van der Waals surface area contributed by atoms with Crippen LogP contribution in [0.25, 0.3) is 0 Å². The van der Waals surface area contributed by atoms with E-state index in [1.54, 1.807) is 0 Å². The SMILES string of the molecule is [2H]c1cn([C@@H]2O[C@H](C([2H])([2H])OP(=O)(O)OP(=O)(O)OP(=O)(O)O)[C@H](O)C2(N)C#CCF)c(=O)[nH]c1=N. The van der Waals surface area contributed by atoms with Crippen molar-refractivity contribution in [2.45, 2.75) is 24.0 Å². The van der Waals surface area contributed by atoms with Gasteiger partial charge in [-0.15, -0.1) is 0 Å². The Morgan fingerprint density at radius 2 is 2.00 bits per heavy atom. The van der Waals surface area contributed by atoms with Gasteiger partial charge in [-0.05, 0) is 6.04 Å². The van der Waals surface area contributed by atoms with Crippen molar-refractivity contribution in [2.24, 2.45) is 5.73 Å². The summed E-state index contributed by atoms with van der Waals surface area (Å²) >= 11 is 0. The maximum absolute atomic E-state index is 12.7. The quantitative estimate of drug-likeness (QED) is 0.130. The predicted octanol–water partition coefficient (Wildman–Crippen LogP) is -2.07. The van der Waals surface area contributed by atoms with Crippen molar-refractivity contribution in [3.63, 3.8) is 0 Å². The fourth-order valence-electron chi connectivity index (χ4n) is 2.42. The minimum atomic E-state index is -6.09. The van der Waals surface area contributed by atoms with Crippen molar-refractivity contribution in [1.29, 1.82) is 5.41 Å². The molecule has 2 rings (SSSR count). The van der Waals surface area contributed by atoms with Gasteiger partial charge in [0.2, 0.25) is 0 Å². The molecule has 1 saturated heterocycles. The van der Waals surface area contributed by atoms with Crippen LogP contribution in [0.2, 0.25) is 0 Å². The number of aliphatic hydroxyl groups is 1. The normalized spacial score (nSPS) is 30.8. The van der Waals surface area contributed by atoms with Gasteiger partial charge >= 0.3 is 29.2 Å². The van der Waals surface area contributed by atoms with Crippen molar-refractivity contribution in [3.05, 3.63) is 28.2 Å². The Bertz CT molecular complexity index is 1340. The highest BCUT2D eigenvalue weighted by molar-refractivity contribution is 7.66. The first-order chi connectivity index (χ1) is 16.1. The molecule has 0 spiro atoms. The standard InChI is InChI=1S/C12H18FN4O13P3/c13-4-1-3-12(15)9(18)7(28-10(12)17-5-2-8(14)16-11(17)19)6-27-32(23,24)30-33(25,26)29-31(20,21)22/h2,5,7,9-10,18H,4,6,15H2,(H,23,24)(H,25,26)(H2,14,16,19)(H2,20,21,22)/t7-,9+,10-,12?/m1/s1/i2D,6D2. The van der Waals surface area contributed by atoms with E-state index in [1.807, 2.05) is 16.8 Å². The molecular formula is C12H18FN4O13P3. The maximum atomic E-state index is 12.7. The third-order valence-electron chi connectivity index (χ3n) is 3.60. The Balaban J connectivity index is 2.48. The average Bonchev–Trinajstić information content (AvgIpc) is 2.91. The second kappa shape index (κ2) is 9.98. The van der Waals surface area contributed by atoms with Crippen molar-refractivity contribution in [1.82, 2.24) is 9.55 Å². The van der Waals surface area contributed by atoms with E-state index in [4.69, 9.17) is 29.8 Å². The number of nitrogens with zero attached hydrogens (tertiary/aromatic N) is 1. The molecule has 1 aliphatic rings. The Labute approximate surface area is 187 Å². The Morgan fingerprint density at radius 1 is 1.36 bits per heavy atom. The molecular weight excluding hydrogens is 520 g/mol. The number of phosphoric acid groups is 3. The molecule has 0 aromatic carbocycles. The second-order valence-electron chi connectivity index (χ2n) is 6.01. The molecule has 186 valence electrons. The van der Waals surface area contributed by atoms with Crippen LogP contribution in [0.3, 0.4) is 0 Å². The van der Waals surface area contributed by atoms with Crippen molar-refractivity contribution >= 4 is 23.5 Å². The van der Waals surface area contributed by atoms with Gasteiger partial charge in [0, 0.05) is 6.20 Å². The molecule has 0 amide bonds. The number of H-pyrrole nitrogens is 1. The molecule has 1 aromatic rings. The molecule has 0 radical (unpaired) electrons. The highest BCUT2D eigenvalue weighted by Gasteiger charge is 2.55. The molecule has 1 aliphatic heterocycles. The highest BCUT2D eigenvalue weighted by Crippen LogP contribution is 2.66. The number of alkyl halides is 1. The van der Waals surface area contributed by atoms with Crippen molar-refractivity contribution < 1.29 is 64.8 Å². The third kappa shape index (κ3) is 7.22. The van der Waals surface area contributed by atoms with Crippen LogP contribution in [0, 0.1) is 17.3 Å². The van der Waals surface area contributed by atoms with Crippen LogP contribution in [-0.4, -0.2) is 65.2 Å². The van der Waals surface area contributed by atoms with Gasteiger partial charge in [0.05, 0.1) is 10.7 Å². The van der Waals surface area contributed by atoms with Crippen molar-refractivity contribution in [2.75, 3.05) is 13.2 Å². The fraction of sp³-hybridized carbons (Fsp3) is 0.500. The van der Waals surface area contributed by atoms with Crippen LogP contribution in [0.5, 0.6) is 0 Å². The predicted molar refractivity (Wildman–Crippen MR) is 101 cm³/mol. The third-order valence-corrected chi connectivity index (χ3v) is 7.26. The summed E-state index contributed by atoms with van der Waals surface area (Å²) in [5.74, 6) is 3.85. The number of rotatable bonds is 8. The minimum Gasteiger partial charge on any atom is -0.387 e. The molecule has 0 bridgehead atoms. The van der Waals surface area contributed by atoms with Crippen LogP contribution < -0.4 is 16.9 Å². The summed E-state index contributed by atoms with van der Waals surface area (Å²) in [4.78, 5) is 50.2. The molecule has 0 saturated carbocycles. The van der Waals surface area contributed by atoms with Gasteiger partial charge in [-0.1, -0.05) is 11.8 Å². The fourth-order valence-corrected chi connectivity index (χ4v) is 5.30. The summed E-state index contributed by atoms with van der Waals surface area (Å²) in [7, 11) is -17.9. The summed E-state index contributed by atoms with van der Waals surface area (Å²) in [6, 6.07) is -0.617. The van der Waals surface area contributed by atoms with Crippen LogP contribution in [0.1, 0.15) is 10.3 Å². The highest BCUT2D eigenvalue weighted by atomic mass is 31.3. The summed E-state index contributed by atoms with van der Waals surface area (Å²) in [5, 5.41) is 18.1. The van der Waals surface area contributed by atoms with E-state index < -0.39 is 77.9 Å². The number of phosphoric ester groups is 1. The lowest BCUT2D eigenvalue weighted by molar-refractivity contribution is -0.0468. The van der Waals surface area contributed by atoms with Gasteiger partial charge in [-0.2, -0.15) is 8.62 Å². The van der Waals surface area contributed by atoms with Crippen LogP contribution in [0.15, 0.2) is 17.0 Å². The molecule has 6 atom stereocenters. The zero-order valence-electron chi connectivity index (χ0n) is 18.8. The van der Waals surface area contributed by atoms with Gasteiger partial charge in [-0.25, -0.2) is 22.9 Å². The largest absolute Gasteiger partial charge is 0.490 e. The Hall–Kier alpha value is -1.54. The second-order valence-corrected chi connectivity index (χ2v) is 10.4. The van der Waals surface area contributed by atoms with Gasteiger partial charge < -0.3 is 35.2 Å². The number of aliphatic hydroxyl groups excluding tert-OH is 1. The van der Waals surface area contributed by atoms with Crippen LogP contribution >= 0.6 is 23.5 Å². The van der Waals surface area contributed by atoms with Crippen molar-refractivity contribution in [3.8, 4) is 11.8 Å². The van der Waals surface area contributed by atoms with Gasteiger partial charge in [0.15, 0.2) is 11.8 Å². The van der Waals surface area contributed by atoms with Gasteiger partial charge in [0.25, 0.3) is 0 Å². The lowest BCUT2D eigenvalue weighted by Crippen LogP contribution is -2.55. The molecule has 2 heterocycles. The summed E-state index contributed by atoms with van der Waals surface area (Å²) in [5.41, 5.74) is 1.57. The number of aromatic nitrogens is 2. The molecule has 0 aliphatic carbocycles. The van der Waals surface area contributed by atoms with E-state index in [-0.39, 0.29) is 0 Å². The number of nitrogens with one attached hydrogen (secondary N) is 2. The van der Waals surface area contributed by atoms with E-state index in [1.165, 1.54) is 0 Å². The zero-order chi connectivity index (χ0) is 27.9. The summed E-state index contributed by atoms with van der Waals surface area (Å²) < 4.78 is 87.1. The van der Waals surface area contributed by atoms with Gasteiger partial charge in [-0.3, -0.25) is 19.5 Å². The number of ether oxygens (including phenoxy) is 1. The van der Waals surface area contributed by atoms with E-state index in [9.17, 15) is 37.8 Å².